The molecule has 0 spiro atoms. The van der Waals surface area contributed by atoms with E-state index in [0.29, 0.717) is 0 Å². The molecule has 162 valence electrons. The molecule has 0 saturated heterocycles. The first-order valence-electron chi connectivity index (χ1n) is 11.3. The van der Waals surface area contributed by atoms with Crippen molar-refractivity contribution in [2.75, 3.05) is 39.3 Å². The Balaban J connectivity index is 0.000000523. The molecule has 0 aliphatic heterocycles. The maximum atomic E-state index is 2.29. The number of benzene rings is 2. The summed E-state index contributed by atoms with van der Waals surface area (Å²) >= 11 is 0. The monoisotopic (exact) mass is 486 g/mol. The first-order chi connectivity index (χ1) is 13.5. The fraction of sp³-hybridized carbons (Fsp3) is 0.538. The molecule has 0 N–H and O–H groups in total. The molecule has 2 nitrogen and oxygen atoms in total. The van der Waals surface area contributed by atoms with Crippen LogP contribution in [0.3, 0.4) is 0 Å². The fourth-order valence-corrected chi connectivity index (χ4v) is 3.95. The third-order valence-corrected chi connectivity index (χ3v) is 6.75. The maximum Gasteiger partial charge on any atom is 2.00 e. The van der Waals surface area contributed by atoms with Crippen molar-refractivity contribution in [2.24, 2.45) is 0 Å². The normalized spacial score (nSPS) is 11.2. The summed E-state index contributed by atoms with van der Waals surface area (Å²) in [5.41, 5.74) is 2.91. The predicted octanol–water partition coefficient (Wildman–Crippen LogP) is 6.12. The molecular formula is C26H44N2Ru+4. The molecular weight excluding hydrogens is 441 g/mol. The van der Waals surface area contributed by atoms with E-state index < -0.39 is 0 Å². The molecule has 2 rings (SSSR count). The molecule has 0 aromatic heterocycles. The van der Waals surface area contributed by atoms with Crippen molar-refractivity contribution < 1.29 is 28.4 Å². The summed E-state index contributed by atoms with van der Waals surface area (Å²) in [6.45, 7) is 23.4. The molecule has 0 fully saturated rings. The predicted molar refractivity (Wildman–Crippen MR) is 124 cm³/mol. The van der Waals surface area contributed by atoms with Gasteiger partial charge < -0.3 is 8.97 Å². The van der Waals surface area contributed by atoms with E-state index in [-0.39, 0.29) is 19.5 Å². The van der Waals surface area contributed by atoms with E-state index in [1.165, 1.54) is 72.5 Å². The van der Waals surface area contributed by atoms with Gasteiger partial charge in [-0.05, 0) is 41.5 Å². The topological polar surface area (TPSA) is 0 Å². The second-order valence-corrected chi connectivity index (χ2v) is 7.87. The summed E-state index contributed by atoms with van der Waals surface area (Å²) < 4.78 is 2.40. The SMILES string of the molecule is CC[N+](CC)(CC)Cc1ccccc1.CC[N+](CC)(CC)Cc1ccccc1.[Ru+2]. The Labute approximate surface area is 193 Å². The van der Waals surface area contributed by atoms with Gasteiger partial charge in [0, 0.05) is 11.1 Å². The van der Waals surface area contributed by atoms with Crippen molar-refractivity contribution >= 4 is 0 Å². The third kappa shape index (κ3) is 9.12. The Hall–Kier alpha value is -1.02. The summed E-state index contributed by atoms with van der Waals surface area (Å²) in [7, 11) is 0. The minimum atomic E-state index is 0. The Morgan fingerprint density at radius 3 is 0.897 bits per heavy atom. The molecule has 2 aromatic rings. The largest absolute Gasteiger partial charge is 2.00 e. The minimum absolute atomic E-state index is 0. The molecule has 0 bridgehead atoms. The maximum absolute atomic E-state index is 2.29. The van der Waals surface area contributed by atoms with Gasteiger partial charge in [-0.2, -0.15) is 0 Å². The van der Waals surface area contributed by atoms with Gasteiger partial charge in [0.05, 0.1) is 39.3 Å². The van der Waals surface area contributed by atoms with Crippen LogP contribution >= 0.6 is 0 Å². The number of quaternary nitrogens is 2. The van der Waals surface area contributed by atoms with Gasteiger partial charge in [0.25, 0.3) is 0 Å². The van der Waals surface area contributed by atoms with Crippen molar-refractivity contribution in [1.82, 2.24) is 0 Å². The van der Waals surface area contributed by atoms with E-state index in [1.807, 2.05) is 0 Å². The molecule has 0 heterocycles. The molecule has 0 atom stereocenters. The molecule has 0 amide bonds. The second kappa shape index (κ2) is 14.9. The van der Waals surface area contributed by atoms with Crippen LogP contribution in [0.5, 0.6) is 0 Å². The van der Waals surface area contributed by atoms with Crippen LogP contribution < -0.4 is 0 Å². The zero-order valence-electron chi connectivity index (χ0n) is 19.7. The van der Waals surface area contributed by atoms with Crippen LogP contribution in [0.2, 0.25) is 0 Å². The van der Waals surface area contributed by atoms with Crippen molar-refractivity contribution in [1.29, 1.82) is 0 Å². The first-order valence-corrected chi connectivity index (χ1v) is 11.3. The van der Waals surface area contributed by atoms with Gasteiger partial charge in [-0.1, -0.05) is 60.7 Å². The molecule has 3 heteroatoms. The van der Waals surface area contributed by atoms with Gasteiger partial charge >= 0.3 is 19.5 Å². The van der Waals surface area contributed by atoms with Gasteiger partial charge in [0.15, 0.2) is 0 Å². The van der Waals surface area contributed by atoms with Gasteiger partial charge in [0.1, 0.15) is 13.1 Å². The number of nitrogens with zero attached hydrogens (tertiary/aromatic N) is 2. The summed E-state index contributed by atoms with van der Waals surface area (Å²) in [6.07, 6.45) is 0. The summed E-state index contributed by atoms with van der Waals surface area (Å²) in [5, 5.41) is 0. The molecule has 0 unspecified atom stereocenters. The van der Waals surface area contributed by atoms with Crippen LogP contribution in [0.4, 0.5) is 0 Å². The minimum Gasteiger partial charge on any atom is -0.321 e. The van der Waals surface area contributed by atoms with E-state index in [1.54, 1.807) is 0 Å². The van der Waals surface area contributed by atoms with Crippen LogP contribution in [0.15, 0.2) is 60.7 Å². The number of hydrogen-bond donors (Lipinski definition) is 0. The van der Waals surface area contributed by atoms with E-state index in [4.69, 9.17) is 0 Å². The quantitative estimate of drug-likeness (QED) is 0.281. The Kier molecular flexibility index (Phi) is 14.4. The second-order valence-electron chi connectivity index (χ2n) is 7.87. The Morgan fingerprint density at radius 1 is 0.448 bits per heavy atom. The fourth-order valence-electron chi connectivity index (χ4n) is 3.95. The standard InChI is InChI=1S/2C13H22N.Ru/c2*1-4-14(5-2,6-3)12-13-10-8-7-9-11-13;/h2*7-11H,4-6,12H2,1-3H3;/q2*+1;+2. The summed E-state index contributed by atoms with van der Waals surface area (Å²) in [5.74, 6) is 0. The first kappa shape index (κ1) is 28.0. The zero-order valence-corrected chi connectivity index (χ0v) is 21.4. The molecule has 0 saturated carbocycles. The molecule has 0 aliphatic rings. The molecule has 2 aromatic carbocycles. The zero-order chi connectivity index (χ0) is 20.9. The van der Waals surface area contributed by atoms with Crippen molar-refractivity contribution in [2.45, 2.75) is 54.6 Å². The van der Waals surface area contributed by atoms with Gasteiger partial charge in [0.2, 0.25) is 0 Å². The average molecular weight is 486 g/mol. The van der Waals surface area contributed by atoms with E-state index in [9.17, 15) is 0 Å². The van der Waals surface area contributed by atoms with Crippen molar-refractivity contribution in [3.8, 4) is 0 Å². The molecule has 29 heavy (non-hydrogen) atoms. The Morgan fingerprint density at radius 2 is 0.690 bits per heavy atom. The van der Waals surface area contributed by atoms with Crippen LogP contribution in [0.25, 0.3) is 0 Å². The number of hydrogen-bond acceptors (Lipinski definition) is 0. The smallest absolute Gasteiger partial charge is 0.321 e. The van der Waals surface area contributed by atoms with Crippen molar-refractivity contribution in [3.05, 3.63) is 71.8 Å². The molecule has 0 radical (unpaired) electrons. The van der Waals surface area contributed by atoms with E-state index in [0.717, 1.165) is 0 Å². The van der Waals surface area contributed by atoms with Crippen LogP contribution in [0, 0.1) is 0 Å². The summed E-state index contributed by atoms with van der Waals surface area (Å²) in [4.78, 5) is 0. The van der Waals surface area contributed by atoms with Crippen LogP contribution in [-0.4, -0.2) is 48.2 Å². The Bertz CT molecular complexity index is 546. The average Bonchev–Trinajstić information content (AvgIpc) is 2.78. The third-order valence-electron chi connectivity index (χ3n) is 6.75. The van der Waals surface area contributed by atoms with E-state index >= 15 is 0 Å². The summed E-state index contributed by atoms with van der Waals surface area (Å²) in [6, 6.07) is 21.6. The van der Waals surface area contributed by atoms with E-state index in [2.05, 4.69) is 102 Å². The van der Waals surface area contributed by atoms with Crippen LogP contribution in [0.1, 0.15) is 52.7 Å². The van der Waals surface area contributed by atoms with Crippen LogP contribution in [-0.2, 0) is 32.6 Å². The molecule has 0 aliphatic carbocycles. The van der Waals surface area contributed by atoms with Gasteiger partial charge in [-0.25, -0.2) is 0 Å². The van der Waals surface area contributed by atoms with Gasteiger partial charge in [-0.15, -0.1) is 0 Å². The van der Waals surface area contributed by atoms with Crippen molar-refractivity contribution in [3.63, 3.8) is 0 Å². The van der Waals surface area contributed by atoms with Gasteiger partial charge in [-0.3, -0.25) is 0 Å². The number of rotatable bonds is 10.